The highest BCUT2D eigenvalue weighted by molar-refractivity contribution is 9.10. The molecule has 0 radical (unpaired) electrons. The number of nitrogens with one attached hydrogen (secondary N) is 1. The van der Waals surface area contributed by atoms with Crippen LogP contribution in [-0.4, -0.2) is 36.2 Å². The number of phenols is 1. The molecule has 138 valence electrons. The summed E-state index contributed by atoms with van der Waals surface area (Å²) >= 11 is 3.19. The van der Waals surface area contributed by atoms with Crippen molar-refractivity contribution in [1.29, 1.82) is 0 Å². The molecule has 0 bridgehead atoms. The SMILES string of the molecule is Cl.Cl.Oc1c([C@H](C2CCCCC2)N2CCNCC2)ccc(F)c1Br. The van der Waals surface area contributed by atoms with Crippen molar-refractivity contribution in [2.45, 2.75) is 38.1 Å². The molecule has 1 saturated carbocycles. The molecule has 0 spiro atoms. The molecule has 1 aliphatic heterocycles. The maximum Gasteiger partial charge on any atom is 0.141 e. The largest absolute Gasteiger partial charge is 0.506 e. The summed E-state index contributed by atoms with van der Waals surface area (Å²) in [6.45, 7) is 3.92. The lowest BCUT2D eigenvalue weighted by Crippen LogP contribution is -2.47. The van der Waals surface area contributed by atoms with E-state index < -0.39 is 5.82 Å². The Balaban J connectivity index is 0.00000144. The second-order valence-electron chi connectivity index (χ2n) is 6.43. The van der Waals surface area contributed by atoms with E-state index in [4.69, 9.17) is 0 Å². The molecule has 1 aromatic carbocycles. The first-order chi connectivity index (χ1) is 10.7. The number of hydrogen-bond donors (Lipinski definition) is 2. The van der Waals surface area contributed by atoms with Crippen LogP contribution in [0.15, 0.2) is 16.6 Å². The molecule has 0 aromatic heterocycles. The fourth-order valence-electron chi connectivity index (χ4n) is 3.95. The zero-order valence-electron chi connectivity index (χ0n) is 13.6. The first-order valence-electron chi connectivity index (χ1n) is 8.30. The van der Waals surface area contributed by atoms with Gasteiger partial charge in [0.2, 0.25) is 0 Å². The normalized spacial score (nSPS) is 20.8. The second kappa shape index (κ2) is 10.2. The Kier molecular flexibility index (Phi) is 9.31. The van der Waals surface area contributed by atoms with Gasteiger partial charge in [0.15, 0.2) is 0 Å². The minimum absolute atomic E-state index is 0. The van der Waals surface area contributed by atoms with Crippen molar-refractivity contribution in [2.75, 3.05) is 26.2 Å². The van der Waals surface area contributed by atoms with Gasteiger partial charge in [-0.25, -0.2) is 4.39 Å². The van der Waals surface area contributed by atoms with Crippen LogP contribution in [0.25, 0.3) is 0 Å². The second-order valence-corrected chi connectivity index (χ2v) is 7.22. The predicted octanol–water partition coefficient (Wildman–Crippen LogP) is 4.66. The molecule has 2 aliphatic rings. The molecule has 1 atom stereocenters. The summed E-state index contributed by atoms with van der Waals surface area (Å²) in [6.07, 6.45) is 6.22. The highest BCUT2D eigenvalue weighted by Crippen LogP contribution is 2.44. The van der Waals surface area contributed by atoms with Crippen molar-refractivity contribution < 1.29 is 9.50 Å². The zero-order valence-corrected chi connectivity index (χ0v) is 16.9. The highest BCUT2D eigenvalue weighted by atomic mass is 79.9. The van der Waals surface area contributed by atoms with Gasteiger partial charge < -0.3 is 10.4 Å². The summed E-state index contributed by atoms with van der Waals surface area (Å²) in [5.74, 6) is 0.230. The lowest BCUT2D eigenvalue weighted by atomic mass is 9.80. The molecule has 1 aromatic rings. The van der Waals surface area contributed by atoms with Gasteiger partial charge in [-0.1, -0.05) is 25.3 Å². The number of nitrogens with zero attached hydrogens (tertiary/aromatic N) is 1. The predicted molar refractivity (Wildman–Crippen MR) is 104 cm³/mol. The highest BCUT2D eigenvalue weighted by Gasteiger charge is 2.33. The van der Waals surface area contributed by atoms with E-state index in [1.54, 1.807) is 6.07 Å². The number of hydrogen-bond acceptors (Lipinski definition) is 3. The average Bonchev–Trinajstić information content (AvgIpc) is 2.57. The van der Waals surface area contributed by atoms with Crippen molar-refractivity contribution in [3.63, 3.8) is 0 Å². The molecule has 1 saturated heterocycles. The summed E-state index contributed by atoms with van der Waals surface area (Å²) < 4.78 is 13.9. The van der Waals surface area contributed by atoms with E-state index in [9.17, 15) is 9.50 Å². The molecule has 7 heteroatoms. The van der Waals surface area contributed by atoms with Gasteiger partial charge in [-0.2, -0.15) is 0 Å². The third kappa shape index (κ3) is 4.76. The molecule has 0 unspecified atom stereocenters. The van der Waals surface area contributed by atoms with E-state index in [-0.39, 0.29) is 41.1 Å². The number of phenolic OH excluding ortho intramolecular Hbond substituents is 1. The van der Waals surface area contributed by atoms with Crippen LogP contribution >= 0.6 is 40.7 Å². The van der Waals surface area contributed by atoms with Crippen LogP contribution in [0.5, 0.6) is 5.75 Å². The third-order valence-corrected chi connectivity index (χ3v) is 5.81. The molecule has 2 fully saturated rings. The van der Waals surface area contributed by atoms with Gasteiger partial charge in [0.1, 0.15) is 11.6 Å². The number of halogens is 4. The molecule has 0 amide bonds. The molecule has 2 N–H and O–H groups in total. The van der Waals surface area contributed by atoms with Gasteiger partial charge in [-0.3, -0.25) is 4.90 Å². The number of benzene rings is 1. The van der Waals surface area contributed by atoms with E-state index in [1.165, 1.54) is 38.2 Å². The lowest BCUT2D eigenvalue weighted by Gasteiger charge is -2.41. The maximum absolute atomic E-state index is 13.7. The Bertz CT molecular complexity index is 506. The van der Waals surface area contributed by atoms with E-state index in [0.29, 0.717) is 5.92 Å². The fourth-order valence-corrected chi connectivity index (χ4v) is 4.31. The minimum Gasteiger partial charge on any atom is -0.506 e. The first kappa shape index (κ1) is 22.0. The third-order valence-electron chi connectivity index (χ3n) is 5.06. The maximum atomic E-state index is 13.7. The van der Waals surface area contributed by atoms with Crippen LogP contribution in [0.3, 0.4) is 0 Å². The van der Waals surface area contributed by atoms with Crippen LogP contribution in [0.4, 0.5) is 4.39 Å². The van der Waals surface area contributed by atoms with Gasteiger partial charge in [0.25, 0.3) is 0 Å². The standard InChI is InChI=1S/C17H24BrFN2O.2ClH/c18-15-14(19)7-6-13(17(15)22)16(12-4-2-1-3-5-12)21-10-8-20-9-11-21;;/h6-7,12,16,20,22H,1-5,8-11H2;2*1H/t16-;;/m0../s1. The van der Waals surface area contributed by atoms with Crippen LogP contribution in [0.2, 0.25) is 0 Å². The van der Waals surface area contributed by atoms with Crippen molar-refractivity contribution in [3.05, 3.63) is 28.0 Å². The summed E-state index contributed by atoms with van der Waals surface area (Å²) in [5.41, 5.74) is 0.877. The van der Waals surface area contributed by atoms with Crippen molar-refractivity contribution >= 4 is 40.7 Å². The van der Waals surface area contributed by atoms with Gasteiger partial charge in [0, 0.05) is 37.8 Å². The summed E-state index contributed by atoms with van der Waals surface area (Å²) in [4.78, 5) is 2.46. The molecular formula is C17H26BrCl2FN2O. The molecule has 1 aliphatic carbocycles. The fraction of sp³-hybridized carbons (Fsp3) is 0.647. The number of aromatic hydroxyl groups is 1. The van der Waals surface area contributed by atoms with Crippen molar-refractivity contribution in [1.82, 2.24) is 10.2 Å². The number of rotatable bonds is 3. The van der Waals surface area contributed by atoms with Gasteiger partial charge in [-0.15, -0.1) is 24.8 Å². The quantitative estimate of drug-likeness (QED) is 0.712. The monoisotopic (exact) mass is 442 g/mol. The first-order valence-corrected chi connectivity index (χ1v) is 9.09. The van der Waals surface area contributed by atoms with E-state index in [0.717, 1.165) is 31.7 Å². The zero-order chi connectivity index (χ0) is 15.5. The van der Waals surface area contributed by atoms with Crippen LogP contribution in [0, 0.1) is 11.7 Å². The number of piperazine rings is 1. The summed E-state index contributed by atoms with van der Waals surface area (Å²) in [5, 5.41) is 13.9. The van der Waals surface area contributed by atoms with E-state index in [2.05, 4.69) is 26.1 Å². The van der Waals surface area contributed by atoms with Crippen LogP contribution in [0.1, 0.15) is 43.7 Å². The Morgan fingerprint density at radius 1 is 1.12 bits per heavy atom. The van der Waals surface area contributed by atoms with E-state index >= 15 is 0 Å². The van der Waals surface area contributed by atoms with Crippen molar-refractivity contribution in [2.24, 2.45) is 5.92 Å². The Morgan fingerprint density at radius 3 is 2.38 bits per heavy atom. The van der Waals surface area contributed by atoms with Crippen LogP contribution in [-0.2, 0) is 0 Å². The molecule has 3 nitrogen and oxygen atoms in total. The van der Waals surface area contributed by atoms with Crippen molar-refractivity contribution in [3.8, 4) is 5.75 Å². The van der Waals surface area contributed by atoms with Gasteiger partial charge in [0.05, 0.1) is 4.47 Å². The smallest absolute Gasteiger partial charge is 0.141 e. The molecule has 1 heterocycles. The van der Waals surface area contributed by atoms with Gasteiger partial charge in [-0.05, 0) is 40.8 Å². The topological polar surface area (TPSA) is 35.5 Å². The minimum atomic E-state index is -0.399. The molecule has 24 heavy (non-hydrogen) atoms. The van der Waals surface area contributed by atoms with Gasteiger partial charge >= 0.3 is 0 Å². The summed E-state index contributed by atoms with van der Waals surface area (Å²) in [7, 11) is 0. The lowest BCUT2D eigenvalue weighted by molar-refractivity contribution is 0.101. The average molecular weight is 444 g/mol. The summed E-state index contributed by atoms with van der Waals surface area (Å²) in [6, 6.07) is 3.44. The molecule has 3 rings (SSSR count). The Hall–Kier alpha value is -0.0700. The molecular weight excluding hydrogens is 418 g/mol. The Labute approximate surface area is 164 Å². The van der Waals surface area contributed by atoms with Crippen LogP contribution < -0.4 is 5.32 Å². The Morgan fingerprint density at radius 2 is 1.75 bits per heavy atom. The van der Waals surface area contributed by atoms with E-state index in [1.807, 2.05) is 0 Å².